The Morgan fingerprint density at radius 3 is 1.57 bits per heavy atom. The molecule has 0 N–H and O–H groups in total. The fourth-order valence-corrected chi connectivity index (χ4v) is 5.45. The normalized spacial score (nSPS) is 11.2. The molecule has 0 radical (unpaired) electrons. The van der Waals surface area contributed by atoms with Crippen molar-refractivity contribution in [2.24, 2.45) is 0 Å². The number of aromatic nitrogens is 1. The van der Waals surface area contributed by atoms with Crippen LogP contribution >= 0.6 is 0 Å². The third-order valence-electron chi connectivity index (χ3n) is 7.23. The highest BCUT2D eigenvalue weighted by molar-refractivity contribution is 6.10. The van der Waals surface area contributed by atoms with Crippen LogP contribution in [0.15, 0.2) is 152 Å². The van der Waals surface area contributed by atoms with E-state index in [2.05, 4.69) is 156 Å². The van der Waals surface area contributed by atoms with Gasteiger partial charge in [0.15, 0.2) is 0 Å². The van der Waals surface area contributed by atoms with Crippen molar-refractivity contribution >= 4 is 21.8 Å². The molecule has 1 nitrogen and oxygen atoms in total. The van der Waals surface area contributed by atoms with Gasteiger partial charge in [-0.15, -0.1) is 0 Å². The van der Waals surface area contributed by atoms with Crippen molar-refractivity contribution in [2.45, 2.75) is 0 Å². The largest absolute Gasteiger partial charge is 0.309 e. The quantitative estimate of drug-likeness (QED) is 0.241. The first-order valence-corrected chi connectivity index (χ1v) is 12.7. The van der Waals surface area contributed by atoms with Crippen LogP contribution in [-0.4, -0.2) is 4.57 Å². The van der Waals surface area contributed by atoms with Crippen molar-refractivity contribution in [1.82, 2.24) is 4.57 Å². The Hall–Kier alpha value is -4.88. The van der Waals surface area contributed by atoms with Crippen molar-refractivity contribution in [2.75, 3.05) is 0 Å². The van der Waals surface area contributed by atoms with Crippen molar-refractivity contribution in [1.29, 1.82) is 0 Å². The first-order valence-electron chi connectivity index (χ1n) is 12.7. The zero-order valence-corrected chi connectivity index (χ0v) is 20.4. The van der Waals surface area contributed by atoms with Crippen LogP contribution in [0.1, 0.15) is 0 Å². The van der Waals surface area contributed by atoms with E-state index in [1.807, 2.05) is 0 Å². The Kier molecular flexibility index (Phi) is 5.19. The predicted molar refractivity (Wildman–Crippen MR) is 157 cm³/mol. The minimum Gasteiger partial charge on any atom is -0.309 e. The van der Waals surface area contributed by atoms with Crippen molar-refractivity contribution in [3.63, 3.8) is 0 Å². The summed E-state index contributed by atoms with van der Waals surface area (Å²) in [5.41, 5.74) is 11.1. The van der Waals surface area contributed by atoms with Gasteiger partial charge in [-0.3, -0.25) is 0 Å². The molecule has 0 bridgehead atoms. The highest BCUT2D eigenvalue weighted by Crippen LogP contribution is 2.36. The van der Waals surface area contributed by atoms with E-state index < -0.39 is 0 Å². The van der Waals surface area contributed by atoms with Crippen LogP contribution in [0.2, 0.25) is 0 Å². The van der Waals surface area contributed by atoms with E-state index in [-0.39, 0.29) is 0 Å². The van der Waals surface area contributed by atoms with Gasteiger partial charge in [-0.05, 0) is 63.7 Å². The number of hydrogen-bond donors (Lipinski definition) is 0. The van der Waals surface area contributed by atoms with Gasteiger partial charge in [-0.25, -0.2) is 0 Å². The number of rotatable bonds is 4. The fourth-order valence-electron chi connectivity index (χ4n) is 5.45. The topological polar surface area (TPSA) is 4.93 Å². The lowest BCUT2D eigenvalue weighted by Crippen LogP contribution is -1.92. The first kappa shape index (κ1) is 21.4. The summed E-state index contributed by atoms with van der Waals surface area (Å²) in [4.78, 5) is 0. The standard InChI is InChI=1S/C36H25N/c1-3-11-27(12-4-1)31-15-7-8-16-32(31)28-21-19-26(20-22-28)29-23-24-36-34(25-29)33-17-9-10-18-35(33)37(36)30-13-5-2-6-14-30/h1-25H. The van der Waals surface area contributed by atoms with Gasteiger partial charge < -0.3 is 4.57 Å². The maximum Gasteiger partial charge on any atom is 0.0541 e. The van der Waals surface area contributed by atoms with Gasteiger partial charge in [0.2, 0.25) is 0 Å². The summed E-state index contributed by atoms with van der Waals surface area (Å²) >= 11 is 0. The second kappa shape index (κ2) is 8.96. The third kappa shape index (κ3) is 3.73. The molecule has 174 valence electrons. The summed E-state index contributed by atoms with van der Waals surface area (Å²) in [7, 11) is 0. The Bertz CT molecular complexity index is 1840. The molecular weight excluding hydrogens is 446 g/mol. The molecule has 1 heteroatoms. The number of benzene rings is 6. The molecule has 7 aromatic rings. The number of fused-ring (bicyclic) bond motifs is 3. The average Bonchev–Trinajstić information content (AvgIpc) is 3.32. The molecule has 0 fully saturated rings. The highest BCUT2D eigenvalue weighted by Gasteiger charge is 2.13. The van der Waals surface area contributed by atoms with Crippen LogP contribution < -0.4 is 0 Å². The summed E-state index contributed by atoms with van der Waals surface area (Å²) in [6.45, 7) is 0. The molecule has 0 atom stereocenters. The molecular formula is C36H25N. The molecule has 7 rings (SSSR count). The molecule has 0 unspecified atom stereocenters. The van der Waals surface area contributed by atoms with Crippen molar-refractivity contribution in [3.05, 3.63) is 152 Å². The van der Waals surface area contributed by atoms with Gasteiger partial charge in [0, 0.05) is 16.5 Å². The summed E-state index contributed by atoms with van der Waals surface area (Å²) in [5.74, 6) is 0. The maximum atomic E-state index is 2.36. The lowest BCUT2D eigenvalue weighted by atomic mass is 9.93. The second-order valence-corrected chi connectivity index (χ2v) is 9.41. The van der Waals surface area contributed by atoms with E-state index in [0.29, 0.717) is 0 Å². The number of para-hydroxylation sites is 2. The van der Waals surface area contributed by atoms with Gasteiger partial charge in [-0.2, -0.15) is 0 Å². The maximum absolute atomic E-state index is 2.36. The van der Waals surface area contributed by atoms with Crippen LogP contribution in [0.5, 0.6) is 0 Å². The van der Waals surface area contributed by atoms with Gasteiger partial charge in [0.1, 0.15) is 0 Å². The predicted octanol–water partition coefficient (Wildman–Crippen LogP) is 9.78. The Labute approximate surface area is 216 Å². The molecule has 0 aliphatic heterocycles. The highest BCUT2D eigenvalue weighted by atomic mass is 15.0. The number of nitrogens with zero attached hydrogens (tertiary/aromatic N) is 1. The molecule has 0 saturated carbocycles. The molecule has 1 aromatic heterocycles. The Balaban J connectivity index is 1.32. The van der Waals surface area contributed by atoms with E-state index in [4.69, 9.17) is 0 Å². The summed E-state index contributed by atoms with van der Waals surface area (Å²) in [6.07, 6.45) is 0. The summed E-state index contributed by atoms with van der Waals surface area (Å²) in [6, 6.07) is 54.4. The van der Waals surface area contributed by atoms with Crippen molar-refractivity contribution in [3.8, 4) is 39.1 Å². The van der Waals surface area contributed by atoms with E-state index in [0.717, 1.165) is 0 Å². The van der Waals surface area contributed by atoms with Crippen LogP contribution in [0, 0.1) is 0 Å². The van der Waals surface area contributed by atoms with Crippen LogP contribution in [0.25, 0.3) is 60.9 Å². The molecule has 0 saturated heterocycles. The Morgan fingerprint density at radius 2 is 0.838 bits per heavy atom. The average molecular weight is 472 g/mol. The van der Waals surface area contributed by atoms with Gasteiger partial charge in [0.25, 0.3) is 0 Å². The van der Waals surface area contributed by atoms with Crippen LogP contribution in [0.4, 0.5) is 0 Å². The minimum atomic E-state index is 1.18. The smallest absolute Gasteiger partial charge is 0.0541 e. The van der Waals surface area contributed by atoms with E-state index in [1.54, 1.807) is 0 Å². The fraction of sp³-hybridized carbons (Fsp3) is 0. The molecule has 0 amide bonds. The molecule has 1 heterocycles. The molecule has 37 heavy (non-hydrogen) atoms. The summed E-state index contributed by atoms with van der Waals surface area (Å²) in [5, 5.41) is 2.55. The first-order chi connectivity index (χ1) is 18.4. The molecule has 0 aliphatic carbocycles. The van der Waals surface area contributed by atoms with Crippen molar-refractivity contribution < 1.29 is 0 Å². The van der Waals surface area contributed by atoms with E-state index in [9.17, 15) is 0 Å². The van der Waals surface area contributed by atoms with E-state index in [1.165, 1.54) is 60.9 Å². The van der Waals surface area contributed by atoms with Gasteiger partial charge >= 0.3 is 0 Å². The van der Waals surface area contributed by atoms with Gasteiger partial charge in [-0.1, -0.05) is 121 Å². The van der Waals surface area contributed by atoms with Gasteiger partial charge in [0.05, 0.1) is 11.0 Å². The molecule has 0 aliphatic rings. The number of hydrogen-bond acceptors (Lipinski definition) is 0. The lowest BCUT2D eigenvalue weighted by molar-refractivity contribution is 1.18. The van der Waals surface area contributed by atoms with Crippen LogP contribution in [-0.2, 0) is 0 Å². The zero-order valence-electron chi connectivity index (χ0n) is 20.4. The minimum absolute atomic E-state index is 1.18. The Morgan fingerprint density at radius 1 is 0.324 bits per heavy atom. The zero-order chi connectivity index (χ0) is 24.6. The lowest BCUT2D eigenvalue weighted by Gasteiger charge is -2.11. The SMILES string of the molecule is c1ccc(-c2ccccc2-c2ccc(-c3ccc4c(c3)c3ccccc3n4-c3ccccc3)cc2)cc1. The van der Waals surface area contributed by atoms with Crippen LogP contribution in [0.3, 0.4) is 0 Å². The third-order valence-corrected chi connectivity index (χ3v) is 7.23. The summed E-state index contributed by atoms with van der Waals surface area (Å²) < 4.78 is 2.36. The second-order valence-electron chi connectivity index (χ2n) is 9.41. The molecule has 6 aromatic carbocycles. The monoisotopic (exact) mass is 471 g/mol. The van der Waals surface area contributed by atoms with E-state index >= 15 is 0 Å². The molecule has 0 spiro atoms.